The maximum atomic E-state index is 12.2. The van der Waals surface area contributed by atoms with Gasteiger partial charge in [-0.25, -0.2) is 4.98 Å². The van der Waals surface area contributed by atoms with Crippen molar-refractivity contribution in [1.29, 1.82) is 0 Å². The summed E-state index contributed by atoms with van der Waals surface area (Å²) < 4.78 is 5.98. The van der Waals surface area contributed by atoms with E-state index in [-0.39, 0.29) is 12.0 Å². The van der Waals surface area contributed by atoms with Crippen molar-refractivity contribution in [1.82, 2.24) is 10.3 Å². The first kappa shape index (κ1) is 15.3. The van der Waals surface area contributed by atoms with Crippen LogP contribution in [-0.4, -0.2) is 17.0 Å². The molecule has 0 aliphatic heterocycles. The van der Waals surface area contributed by atoms with Gasteiger partial charge in [0.1, 0.15) is 6.10 Å². The van der Waals surface area contributed by atoms with Gasteiger partial charge in [0.15, 0.2) is 0 Å². The number of nitrogen functional groups attached to an aromatic ring is 1. The fraction of sp³-hybridized carbons (Fsp3) is 0.333. The van der Waals surface area contributed by atoms with Crippen LogP contribution in [0.1, 0.15) is 41.6 Å². The number of pyridine rings is 1. The number of benzene rings is 1. The van der Waals surface area contributed by atoms with E-state index in [1.165, 1.54) is 12.8 Å². The van der Waals surface area contributed by atoms with Crippen LogP contribution in [-0.2, 0) is 6.54 Å². The monoisotopic (exact) mass is 311 g/mol. The van der Waals surface area contributed by atoms with Gasteiger partial charge in [-0.15, -0.1) is 0 Å². The molecule has 1 aromatic heterocycles. The molecule has 1 fully saturated rings. The van der Waals surface area contributed by atoms with Gasteiger partial charge in [0, 0.05) is 29.6 Å². The summed E-state index contributed by atoms with van der Waals surface area (Å²) in [5.41, 5.74) is 7.75. The number of nitrogens with zero attached hydrogens (tertiary/aromatic N) is 1. The van der Waals surface area contributed by atoms with Crippen molar-refractivity contribution in [3.8, 4) is 5.88 Å². The van der Waals surface area contributed by atoms with Crippen molar-refractivity contribution < 1.29 is 9.53 Å². The number of rotatable bonds is 5. The summed E-state index contributed by atoms with van der Waals surface area (Å²) in [6, 6.07) is 10.6. The van der Waals surface area contributed by atoms with Crippen LogP contribution in [0.4, 0.5) is 5.69 Å². The Morgan fingerprint density at radius 1 is 1.22 bits per heavy atom. The summed E-state index contributed by atoms with van der Waals surface area (Å²) in [5, 5.41) is 2.90. The SMILES string of the molecule is Nc1ccc(C(=O)NCc2cccnc2OC2CCCC2)cc1. The molecule has 120 valence electrons. The molecule has 0 spiro atoms. The number of nitrogens with two attached hydrogens (primary N) is 1. The van der Waals surface area contributed by atoms with Gasteiger partial charge in [0.2, 0.25) is 5.88 Å². The highest BCUT2D eigenvalue weighted by Crippen LogP contribution is 2.25. The quantitative estimate of drug-likeness (QED) is 0.832. The molecule has 3 rings (SSSR count). The third-order valence-corrected chi connectivity index (χ3v) is 4.04. The highest BCUT2D eigenvalue weighted by atomic mass is 16.5. The molecule has 1 saturated carbocycles. The maximum absolute atomic E-state index is 12.2. The highest BCUT2D eigenvalue weighted by molar-refractivity contribution is 5.94. The molecule has 1 aromatic carbocycles. The molecule has 5 heteroatoms. The summed E-state index contributed by atoms with van der Waals surface area (Å²) in [7, 11) is 0. The van der Waals surface area contributed by atoms with Crippen molar-refractivity contribution in [2.45, 2.75) is 38.3 Å². The molecule has 1 aliphatic carbocycles. The molecule has 2 aromatic rings. The molecule has 1 amide bonds. The van der Waals surface area contributed by atoms with Crippen molar-refractivity contribution in [2.24, 2.45) is 0 Å². The molecular formula is C18H21N3O2. The molecule has 0 atom stereocenters. The van der Waals surface area contributed by atoms with Gasteiger partial charge >= 0.3 is 0 Å². The molecule has 0 unspecified atom stereocenters. The van der Waals surface area contributed by atoms with E-state index >= 15 is 0 Å². The van der Waals surface area contributed by atoms with E-state index in [4.69, 9.17) is 10.5 Å². The molecule has 3 N–H and O–H groups in total. The second-order valence-electron chi connectivity index (χ2n) is 5.80. The smallest absolute Gasteiger partial charge is 0.251 e. The number of aromatic nitrogens is 1. The molecule has 1 aliphatic rings. The van der Waals surface area contributed by atoms with Crippen molar-refractivity contribution >= 4 is 11.6 Å². The van der Waals surface area contributed by atoms with Gasteiger partial charge in [-0.2, -0.15) is 0 Å². The van der Waals surface area contributed by atoms with E-state index in [0.29, 0.717) is 23.7 Å². The Labute approximate surface area is 135 Å². The number of amides is 1. The summed E-state index contributed by atoms with van der Waals surface area (Å²) >= 11 is 0. The highest BCUT2D eigenvalue weighted by Gasteiger charge is 2.18. The fourth-order valence-electron chi connectivity index (χ4n) is 2.74. The summed E-state index contributed by atoms with van der Waals surface area (Å²) in [6.45, 7) is 0.388. The van der Waals surface area contributed by atoms with Crippen molar-refractivity contribution in [3.05, 3.63) is 53.7 Å². The summed E-state index contributed by atoms with van der Waals surface area (Å²) in [6.07, 6.45) is 6.54. The summed E-state index contributed by atoms with van der Waals surface area (Å²) in [5.74, 6) is 0.484. The fourth-order valence-corrected chi connectivity index (χ4v) is 2.74. The lowest BCUT2D eigenvalue weighted by Crippen LogP contribution is -2.23. The van der Waals surface area contributed by atoms with Crippen LogP contribution in [0.5, 0.6) is 5.88 Å². The van der Waals surface area contributed by atoms with Gasteiger partial charge in [-0.3, -0.25) is 4.79 Å². The Bertz CT molecular complexity index is 664. The topological polar surface area (TPSA) is 77.2 Å². The first-order valence-electron chi connectivity index (χ1n) is 7.96. The molecule has 5 nitrogen and oxygen atoms in total. The van der Waals surface area contributed by atoms with Gasteiger partial charge in [-0.05, 0) is 56.0 Å². The molecule has 0 bridgehead atoms. The van der Waals surface area contributed by atoms with Gasteiger partial charge in [-0.1, -0.05) is 6.07 Å². The lowest BCUT2D eigenvalue weighted by atomic mass is 10.2. The van der Waals surface area contributed by atoms with Gasteiger partial charge in [0.05, 0.1) is 0 Å². The molecule has 1 heterocycles. The predicted octanol–water partition coefficient (Wildman–Crippen LogP) is 2.92. The van der Waals surface area contributed by atoms with Crippen molar-refractivity contribution in [2.75, 3.05) is 5.73 Å². The van der Waals surface area contributed by atoms with Crippen LogP contribution in [0.25, 0.3) is 0 Å². The van der Waals surface area contributed by atoms with Crippen LogP contribution < -0.4 is 15.8 Å². The number of carbonyl (C=O) groups is 1. The van der Waals surface area contributed by atoms with E-state index < -0.39 is 0 Å². The van der Waals surface area contributed by atoms with E-state index in [9.17, 15) is 4.79 Å². The lowest BCUT2D eigenvalue weighted by Gasteiger charge is -2.15. The van der Waals surface area contributed by atoms with Crippen molar-refractivity contribution in [3.63, 3.8) is 0 Å². The summed E-state index contributed by atoms with van der Waals surface area (Å²) in [4.78, 5) is 16.5. The zero-order valence-corrected chi connectivity index (χ0v) is 13.0. The standard InChI is InChI=1S/C18H21N3O2/c19-15-9-7-13(8-10-15)17(22)21-12-14-4-3-11-20-18(14)23-16-5-1-2-6-16/h3-4,7-11,16H,1-2,5-6,12,19H2,(H,21,22). The molecule has 0 saturated heterocycles. The van der Waals surface area contributed by atoms with Crippen LogP contribution in [0.15, 0.2) is 42.6 Å². The molecular weight excluding hydrogens is 290 g/mol. The Hall–Kier alpha value is -2.56. The number of carbonyl (C=O) groups excluding carboxylic acids is 1. The third-order valence-electron chi connectivity index (χ3n) is 4.04. The van der Waals surface area contributed by atoms with Crippen LogP contribution in [0.3, 0.4) is 0 Å². The minimum Gasteiger partial charge on any atom is -0.474 e. The minimum atomic E-state index is -0.138. The first-order valence-corrected chi connectivity index (χ1v) is 7.96. The van der Waals surface area contributed by atoms with Crippen LogP contribution >= 0.6 is 0 Å². The van der Waals surface area contributed by atoms with E-state index in [1.54, 1.807) is 30.5 Å². The maximum Gasteiger partial charge on any atom is 0.251 e. The number of hydrogen-bond acceptors (Lipinski definition) is 4. The van der Waals surface area contributed by atoms with E-state index in [0.717, 1.165) is 18.4 Å². The van der Waals surface area contributed by atoms with E-state index in [2.05, 4.69) is 10.3 Å². The first-order chi connectivity index (χ1) is 11.2. The normalized spacial score (nSPS) is 14.6. The number of hydrogen-bond donors (Lipinski definition) is 2. The minimum absolute atomic E-state index is 0.138. The Morgan fingerprint density at radius 2 is 1.96 bits per heavy atom. The zero-order valence-electron chi connectivity index (χ0n) is 13.0. The average molecular weight is 311 g/mol. The third kappa shape index (κ3) is 4.00. The predicted molar refractivity (Wildman–Crippen MR) is 89.1 cm³/mol. The molecule has 23 heavy (non-hydrogen) atoms. The molecule has 0 radical (unpaired) electrons. The van der Waals surface area contributed by atoms with Gasteiger partial charge < -0.3 is 15.8 Å². The Kier molecular flexibility index (Phi) is 4.76. The second kappa shape index (κ2) is 7.13. The van der Waals surface area contributed by atoms with Crippen LogP contribution in [0.2, 0.25) is 0 Å². The van der Waals surface area contributed by atoms with Gasteiger partial charge in [0.25, 0.3) is 5.91 Å². The second-order valence-corrected chi connectivity index (χ2v) is 5.80. The number of anilines is 1. The zero-order chi connectivity index (χ0) is 16.1. The number of nitrogens with one attached hydrogen (secondary N) is 1. The number of ether oxygens (including phenoxy) is 1. The largest absolute Gasteiger partial charge is 0.474 e. The Morgan fingerprint density at radius 3 is 2.70 bits per heavy atom. The van der Waals surface area contributed by atoms with E-state index in [1.807, 2.05) is 12.1 Å². The Balaban J connectivity index is 1.63. The lowest BCUT2D eigenvalue weighted by molar-refractivity contribution is 0.0950. The van der Waals surface area contributed by atoms with Crippen LogP contribution in [0, 0.1) is 0 Å². The average Bonchev–Trinajstić information content (AvgIpc) is 3.07.